The van der Waals surface area contributed by atoms with Crippen LogP contribution in [0.15, 0.2) is 0 Å². The third-order valence-electron chi connectivity index (χ3n) is 7.30. The topological polar surface area (TPSA) is 49.9 Å². The Labute approximate surface area is 157 Å². The van der Waals surface area contributed by atoms with Crippen LogP contribution >= 0.6 is 0 Å². The maximum atomic E-state index is 12.8. The van der Waals surface area contributed by atoms with E-state index < -0.39 is 0 Å². The van der Waals surface area contributed by atoms with E-state index in [1.807, 2.05) is 4.90 Å². The number of carbonyl (C=O) groups is 2. The lowest BCUT2D eigenvalue weighted by Gasteiger charge is -2.41. The molecule has 0 aromatic heterocycles. The third-order valence-corrected chi connectivity index (χ3v) is 7.30. The minimum Gasteiger partial charge on any atom is -0.362 e. The quantitative estimate of drug-likeness (QED) is 0.759. The van der Waals surface area contributed by atoms with Crippen molar-refractivity contribution in [3.05, 3.63) is 0 Å². The highest BCUT2D eigenvalue weighted by Crippen LogP contribution is 2.40. The number of piperidine rings is 1. The van der Waals surface area contributed by atoms with Crippen LogP contribution in [0.4, 0.5) is 0 Å². The van der Waals surface area contributed by atoms with E-state index in [4.69, 9.17) is 4.74 Å². The van der Waals surface area contributed by atoms with Crippen LogP contribution < -0.4 is 0 Å². The monoisotopic (exact) mass is 362 g/mol. The summed E-state index contributed by atoms with van der Waals surface area (Å²) in [5.41, 5.74) is -0.155. The van der Waals surface area contributed by atoms with E-state index in [0.717, 1.165) is 83.5 Å². The van der Waals surface area contributed by atoms with E-state index in [1.165, 1.54) is 12.8 Å². The predicted molar refractivity (Wildman–Crippen MR) is 99.6 cm³/mol. The first-order chi connectivity index (χ1) is 12.6. The summed E-state index contributed by atoms with van der Waals surface area (Å²) in [6, 6.07) is 0. The van der Waals surface area contributed by atoms with Crippen LogP contribution in [0, 0.1) is 11.8 Å². The van der Waals surface area contributed by atoms with Gasteiger partial charge < -0.3 is 14.5 Å². The van der Waals surface area contributed by atoms with E-state index in [0.29, 0.717) is 5.91 Å². The molecule has 2 amide bonds. The Morgan fingerprint density at radius 2 is 1.42 bits per heavy atom. The van der Waals surface area contributed by atoms with E-state index in [-0.39, 0.29) is 23.5 Å². The van der Waals surface area contributed by atoms with Gasteiger partial charge in [-0.15, -0.1) is 0 Å². The molecular formula is C21H34N2O3. The van der Waals surface area contributed by atoms with Crippen LogP contribution in [-0.4, -0.2) is 59.5 Å². The second kappa shape index (κ2) is 7.49. The van der Waals surface area contributed by atoms with Gasteiger partial charge in [-0.3, -0.25) is 9.59 Å². The average molecular weight is 363 g/mol. The Balaban J connectivity index is 1.28. The van der Waals surface area contributed by atoms with Crippen LogP contribution in [0.2, 0.25) is 0 Å². The molecule has 1 aliphatic carbocycles. The van der Waals surface area contributed by atoms with Crippen molar-refractivity contribution < 1.29 is 14.3 Å². The molecule has 1 unspecified atom stereocenters. The summed E-state index contributed by atoms with van der Waals surface area (Å²) in [5.74, 6) is 1.60. The lowest BCUT2D eigenvalue weighted by atomic mass is 9.81. The number of nitrogens with zero attached hydrogens (tertiary/aromatic N) is 2. The van der Waals surface area contributed by atoms with Crippen molar-refractivity contribution in [1.82, 2.24) is 9.80 Å². The third kappa shape index (κ3) is 3.64. The van der Waals surface area contributed by atoms with Crippen molar-refractivity contribution in [3.8, 4) is 0 Å². The molecule has 0 bridgehead atoms. The Morgan fingerprint density at radius 1 is 0.808 bits per heavy atom. The van der Waals surface area contributed by atoms with Gasteiger partial charge in [0.05, 0.1) is 5.60 Å². The Hall–Kier alpha value is -1.10. The molecule has 5 nitrogen and oxygen atoms in total. The molecule has 4 aliphatic rings. The Morgan fingerprint density at radius 3 is 2.08 bits per heavy atom. The summed E-state index contributed by atoms with van der Waals surface area (Å²) in [4.78, 5) is 29.5. The minimum atomic E-state index is -0.241. The largest absolute Gasteiger partial charge is 0.362 e. The van der Waals surface area contributed by atoms with E-state index >= 15 is 0 Å². The van der Waals surface area contributed by atoms with Crippen molar-refractivity contribution in [2.24, 2.45) is 11.8 Å². The number of ether oxygens (including phenoxy) is 1. The second-order valence-corrected chi connectivity index (χ2v) is 9.14. The number of rotatable bonds is 2. The normalized spacial score (nSPS) is 34.4. The molecule has 26 heavy (non-hydrogen) atoms. The molecule has 3 aliphatic heterocycles. The summed E-state index contributed by atoms with van der Waals surface area (Å²) < 4.78 is 6.32. The summed E-state index contributed by atoms with van der Waals surface area (Å²) in [7, 11) is 0. The van der Waals surface area contributed by atoms with Gasteiger partial charge in [-0.25, -0.2) is 0 Å². The van der Waals surface area contributed by atoms with Gasteiger partial charge in [0.1, 0.15) is 6.10 Å². The lowest BCUT2D eigenvalue weighted by molar-refractivity contribution is -0.154. The number of carbonyl (C=O) groups excluding carboxylic acids is 2. The highest BCUT2D eigenvalue weighted by atomic mass is 16.5. The zero-order chi connectivity index (χ0) is 18.1. The molecule has 146 valence electrons. The van der Waals surface area contributed by atoms with Gasteiger partial charge in [0.15, 0.2) is 0 Å². The van der Waals surface area contributed by atoms with Crippen molar-refractivity contribution in [2.75, 3.05) is 26.2 Å². The molecule has 5 heteroatoms. The number of hydrogen-bond acceptors (Lipinski definition) is 3. The molecule has 0 radical (unpaired) electrons. The highest BCUT2D eigenvalue weighted by molar-refractivity contribution is 5.81. The first kappa shape index (κ1) is 18.3. The molecule has 0 N–H and O–H groups in total. The van der Waals surface area contributed by atoms with Crippen LogP contribution in [0.3, 0.4) is 0 Å². The molecule has 3 saturated heterocycles. The number of amides is 2. The van der Waals surface area contributed by atoms with Gasteiger partial charge >= 0.3 is 0 Å². The van der Waals surface area contributed by atoms with Gasteiger partial charge in [0.25, 0.3) is 5.91 Å². The van der Waals surface area contributed by atoms with E-state index in [2.05, 4.69) is 11.8 Å². The van der Waals surface area contributed by atoms with Gasteiger partial charge in [-0.05, 0) is 70.1 Å². The molecular weight excluding hydrogens is 328 g/mol. The SMILES string of the molecule is CC1CCC(C(=O)N2CCC3(CCC(C(=O)N4CCCC4)O3)CC2)CC1. The summed E-state index contributed by atoms with van der Waals surface area (Å²) in [5, 5.41) is 0. The zero-order valence-corrected chi connectivity index (χ0v) is 16.3. The van der Waals surface area contributed by atoms with E-state index in [9.17, 15) is 9.59 Å². The fourth-order valence-electron chi connectivity index (χ4n) is 5.40. The van der Waals surface area contributed by atoms with Gasteiger partial charge in [-0.1, -0.05) is 6.92 Å². The molecule has 0 aromatic rings. The van der Waals surface area contributed by atoms with Crippen LogP contribution in [0.25, 0.3) is 0 Å². The van der Waals surface area contributed by atoms with Crippen LogP contribution in [0.1, 0.15) is 71.1 Å². The number of hydrogen-bond donors (Lipinski definition) is 0. The highest BCUT2D eigenvalue weighted by Gasteiger charge is 2.46. The lowest BCUT2D eigenvalue weighted by Crippen LogP contribution is -2.49. The van der Waals surface area contributed by atoms with E-state index in [1.54, 1.807) is 0 Å². The van der Waals surface area contributed by atoms with Crippen molar-refractivity contribution in [2.45, 2.75) is 82.8 Å². The molecule has 4 fully saturated rings. The molecule has 1 atom stereocenters. The zero-order valence-electron chi connectivity index (χ0n) is 16.3. The van der Waals surface area contributed by atoms with Crippen molar-refractivity contribution in [1.29, 1.82) is 0 Å². The fourth-order valence-corrected chi connectivity index (χ4v) is 5.40. The Bertz CT molecular complexity index is 527. The molecule has 4 rings (SSSR count). The first-order valence-corrected chi connectivity index (χ1v) is 10.8. The summed E-state index contributed by atoms with van der Waals surface area (Å²) in [6.07, 6.45) is 10.1. The van der Waals surface area contributed by atoms with Gasteiger partial charge in [0, 0.05) is 32.1 Å². The maximum absolute atomic E-state index is 12.8. The minimum absolute atomic E-state index is 0.155. The average Bonchev–Trinajstić information content (AvgIpc) is 3.33. The van der Waals surface area contributed by atoms with Crippen LogP contribution in [0.5, 0.6) is 0 Å². The van der Waals surface area contributed by atoms with Gasteiger partial charge in [0.2, 0.25) is 5.91 Å². The van der Waals surface area contributed by atoms with Crippen LogP contribution in [-0.2, 0) is 14.3 Å². The molecule has 0 aromatic carbocycles. The Kier molecular flexibility index (Phi) is 5.27. The van der Waals surface area contributed by atoms with Crippen molar-refractivity contribution >= 4 is 11.8 Å². The van der Waals surface area contributed by atoms with Crippen molar-refractivity contribution in [3.63, 3.8) is 0 Å². The summed E-state index contributed by atoms with van der Waals surface area (Å²) in [6.45, 7) is 5.69. The summed E-state index contributed by atoms with van der Waals surface area (Å²) >= 11 is 0. The number of likely N-dealkylation sites (tertiary alicyclic amines) is 2. The smallest absolute Gasteiger partial charge is 0.251 e. The second-order valence-electron chi connectivity index (χ2n) is 9.14. The fraction of sp³-hybridized carbons (Fsp3) is 0.905. The first-order valence-electron chi connectivity index (χ1n) is 10.8. The molecule has 1 spiro atoms. The maximum Gasteiger partial charge on any atom is 0.251 e. The molecule has 1 saturated carbocycles. The van der Waals surface area contributed by atoms with Gasteiger partial charge in [-0.2, -0.15) is 0 Å². The standard InChI is InChI=1S/C21H34N2O3/c1-16-4-6-17(7-5-16)19(24)23-14-10-21(11-15-23)9-8-18(26-21)20(25)22-12-2-3-13-22/h16-18H,2-15H2,1H3. The predicted octanol–water partition coefficient (Wildman–Crippen LogP) is 2.98. The molecule has 3 heterocycles.